The Morgan fingerprint density at radius 3 is 2.50 bits per heavy atom. The molecule has 1 aromatic carbocycles. The summed E-state index contributed by atoms with van der Waals surface area (Å²) in [7, 11) is 0. The van der Waals surface area contributed by atoms with Crippen LogP contribution in [0.1, 0.15) is 26.7 Å². The molecular weight excluding hydrogens is 238 g/mol. The predicted molar refractivity (Wildman–Crippen MR) is 67.4 cm³/mol. The SMILES string of the molecule is CCCC(C)NCC(=O)Nc1c(F)cccc1F. The highest BCUT2D eigenvalue weighted by Crippen LogP contribution is 2.17. The Hall–Kier alpha value is -1.49. The van der Waals surface area contributed by atoms with Gasteiger partial charge in [0.2, 0.25) is 5.91 Å². The van der Waals surface area contributed by atoms with Gasteiger partial charge in [-0.2, -0.15) is 0 Å². The van der Waals surface area contributed by atoms with E-state index in [0.717, 1.165) is 25.0 Å². The van der Waals surface area contributed by atoms with E-state index in [-0.39, 0.29) is 12.6 Å². The van der Waals surface area contributed by atoms with Gasteiger partial charge in [-0.1, -0.05) is 19.4 Å². The topological polar surface area (TPSA) is 41.1 Å². The largest absolute Gasteiger partial charge is 0.320 e. The first-order chi connectivity index (χ1) is 8.54. The van der Waals surface area contributed by atoms with Crippen molar-refractivity contribution in [3.05, 3.63) is 29.8 Å². The molecule has 1 amide bonds. The third-order valence-corrected chi connectivity index (χ3v) is 2.56. The number of rotatable bonds is 6. The Morgan fingerprint density at radius 2 is 1.94 bits per heavy atom. The Kier molecular flexibility index (Phi) is 5.71. The summed E-state index contributed by atoms with van der Waals surface area (Å²) >= 11 is 0. The molecule has 0 bridgehead atoms. The molecule has 0 aromatic heterocycles. The van der Waals surface area contributed by atoms with Gasteiger partial charge in [0.05, 0.1) is 6.54 Å². The Balaban J connectivity index is 2.50. The highest BCUT2D eigenvalue weighted by atomic mass is 19.1. The molecule has 0 heterocycles. The molecule has 0 fully saturated rings. The number of hydrogen-bond donors (Lipinski definition) is 2. The van der Waals surface area contributed by atoms with Crippen molar-refractivity contribution in [3.8, 4) is 0 Å². The fourth-order valence-corrected chi connectivity index (χ4v) is 1.60. The summed E-state index contributed by atoms with van der Waals surface area (Å²) < 4.78 is 26.5. The maximum atomic E-state index is 13.3. The maximum Gasteiger partial charge on any atom is 0.238 e. The van der Waals surface area contributed by atoms with E-state index in [4.69, 9.17) is 0 Å². The van der Waals surface area contributed by atoms with Gasteiger partial charge in [-0.05, 0) is 25.5 Å². The van der Waals surface area contributed by atoms with Gasteiger partial charge < -0.3 is 10.6 Å². The van der Waals surface area contributed by atoms with Gasteiger partial charge in [-0.3, -0.25) is 4.79 Å². The lowest BCUT2D eigenvalue weighted by atomic mass is 10.2. The summed E-state index contributed by atoms with van der Waals surface area (Å²) in [6.07, 6.45) is 1.96. The molecular formula is C13H18F2N2O. The number of anilines is 1. The summed E-state index contributed by atoms with van der Waals surface area (Å²) in [6, 6.07) is 3.66. The summed E-state index contributed by atoms with van der Waals surface area (Å²) in [5, 5.41) is 5.21. The highest BCUT2D eigenvalue weighted by Gasteiger charge is 2.12. The third-order valence-electron chi connectivity index (χ3n) is 2.56. The van der Waals surface area contributed by atoms with Crippen LogP contribution in [0.5, 0.6) is 0 Å². The van der Waals surface area contributed by atoms with Crippen molar-refractivity contribution in [3.63, 3.8) is 0 Å². The Morgan fingerprint density at radius 1 is 1.33 bits per heavy atom. The summed E-state index contributed by atoms with van der Waals surface area (Å²) in [5.41, 5.74) is -0.396. The Bertz CT molecular complexity index is 390. The van der Waals surface area contributed by atoms with Gasteiger partial charge in [0.15, 0.2) is 0 Å². The minimum Gasteiger partial charge on any atom is -0.320 e. The van der Waals surface area contributed by atoms with E-state index >= 15 is 0 Å². The molecule has 0 saturated heterocycles. The molecule has 1 aromatic rings. The van der Waals surface area contributed by atoms with Crippen LogP contribution >= 0.6 is 0 Å². The van der Waals surface area contributed by atoms with Crippen molar-refractivity contribution in [1.29, 1.82) is 0 Å². The number of carbonyl (C=O) groups excluding carboxylic acids is 1. The number of carbonyl (C=O) groups is 1. The molecule has 3 nitrogen and oxygen atoms in total. The van der Waals surface area contributed by atoms with Gasteiger partial charge >= 0.3 is 0 Å². The quantitative estimate of drug-likeness (QED) is 0.821. The van der Waals surface area contributed by atoms with Crippen LogP contribution in [-0.2, 0) is 4.79 Å². The first kappa shape index (κ1) is 14.6. The van der Waals surface area contributed by atoms with Crippen molar-refractivity contribution in [2.24, 2.45) is 0 Å². The van der Waals surface area contributed by atoms with Gasteiger partial charge in [-0.25, -0.2) is 8.78 Å². The minimum atomic E-state index is -0.773. The molecule has 0 spiro atoms. The lowest BCUT2D eigenvalue weighted by Crippen LogP contribution is -2.34. The zero-order chi connectivity index (χ0) is 13.5. The second kappa shape index (κ2) is 7.06. The van der Waals surface area contributed by atoms with Crippen molar-refractivity contribution < 1.29 is 13.6 Å². The summed E-state index contributed by atoms with van der Waals surface area (Å²) in [6.45, 7) is 4.04. The summed E-state index contributed by atoms with van der Waals surface area (Å²) in [4.78, 5) is 11.5. The lowest BCUT2D eigenvalue weighted by Gasteiger charge is -2.13. The van der Waals surface area contributed by atoms with E-state index in [1.54, 1.807) is 0 Å². The van der Waals surface area contributed by atoms with E-state index in [0.29, 0.717) is 0 Å². The molecule has 18 heavy (non-hydrogen) atoms. The zero-order valence-electron chi connectivity index (χ0n) is 10.6. The molecule has 1 unspecified atom stereocenters. The number of para-hydroxylation sites is 1. The number of amides is 1. The van der Waals surface area contributed by atoms with Gasteiger partial charge in [0.25, 0.3) is 0 Å². The van der Waals surface area contributed by atoms with Crippen molar-refractivity contribution in [1.82, 2.24) is 5.32 Å². The molecule has 1 rings (SSSR count). The van der Waals surface area contributed by atoms with Crippen LogP contribution in [0.2, 0.25) is 0 Å². The molecule has 5 heteroatoms. The van der Waals surface area contributed by atoms with Crippen LogP contribution in [-0.4, -0.2) is 18.5 Å². The zero-order valence-corrected chi connectivity index (χ0v) is 10.6. The standard InChI is InChI=1S/C13H18F2N2O/c1-3-5-9(2)16-8-12(18)17-13-10(14)6-4-7-11(13)15/h4,6-7,9,16H,3,5,8H2,1-2H3,(H,17,18). The lowest BCUT2D eigenvalue weighted by molar-refractivity contribution is -0.115. The fourth-order valence-electron chi connectivity index (χ4n) is 1.60. The van der Waals surface area contributed by atoms with E-state index in [9.17, 15) is 13.6 Å². The van der Waals surface area contributed by atoms with E-state index in [1.165, 1.54) is 6.07 Å². The summed E-state index contributed by atoms with van der Waals surface area (Å²) in [5.74, 6) is -2.00. The van der Waals surface area contributed by atoms with Crippen LogP contribution in [0.25, 0.3) is 0 Å². The normalized spacial score (nSPS) is 12.2. The molecule has 100 valence electrons. The van der Waals surface area contributed by atoms with Crippen molar-refractivity contribution in [2.75, 3.05) is 11.9 Å². The van der Waals surface area contributed by atoms with E-state index in [2.05, 4.69) is 10.6 Å². The van der Waals surface area contributed by atoms with Crippen LogP contribution < -0.4 is 10.6 Å². The van der Waals surface area contributed by atoms with Crippen LogP contribution in [0.4, 0.5) is 14.5 Å². The second-order valence-corrected chi connectivity index (χ2v) is 4.22. The average Bonchev–Trinajstić information content (AvgIpc) is 2.32. The predicted octanol–water partition coefficient (Wildman–Crippen LogP) is 2.68. The minimum absolute atomic E-state index is 0.0366. The molecule has 0 aliphatic rings. The van der Waals surface area contributed by atoms with Crippen molar-refractivity contribution in [2.45, 2.75) is 32.7 Å². The molecule has 0 aliphatic carbocycles. The smallest absolute Gasteiger partial charge is 0.238 e. The van der Waals surface area contributed by atoms with E-state index < -0.39 is 23.2 Å². The van der Waals surface area contributed by atoms with Crippen molar-refractivity contribution >= 4 is 11.6 Å². The molecule has 0 radical (unpaired) electrons. The third kappa shape index (κ3) is 4.41. The molecule has 1 atom stereocenters. The number of benzene rings is 1. The van der Waals surface area contributed by atoms with E-state index in [1.807, 2.05) is 13.8 Å². The highest BCUT2D eigenvalue weighted by molar-refractivity contribution is 5.92. The number of nitrogens with one attached hydrogen (secondary N) is 2. The van der Waals surface area contributed by atoms with Gasteiger partial charge in [-0.15, -0.1) is 0 Å². The molecule has 0 saturated carbocycles. The number of hydrogen-bond acceptors (Lipinski definition) is 2. The Labute approximate surface area is 106 Å². The van der Waals surface area contributed by atoms with Gasteiger partial charge in [0, 0.05) is 6.04 Å². The fraction of sp³-hybridized carbons (Fsp3) is 0.462. The maximum absolute atomic E-state index is 13.3. The first-order valence-corrected chi connectivity index (χ1v) is 6.01. The van der Waals surface area contributed by atoms with Gasteiger partial charge in [0.1, 0.15) is 17.3 Å². The monoisotopic (exact) mass is 256 g/mol. The number of halogens is 2. The molecule has 0 aliphatic heterocycles. The van der Waals surface area contributed by atoms with Crippen LogP contribution in [0, 0.1) is 11.6 Å². The molecule has 2 N–H and O–H groups in total. The average molecular weight is 256 g/mol. The second-order valence-electron chi connectivity index (χ2n) is 4.22. The first-order valence-electron chi connectivity index (χ1n) is 6.01. The van der Waals surface area contributed by atoms with Crippen LogP contribution in [0.3, 0.4) is 0 Å². The van der Waals surface area contributed by atoms with Crippen LogP contribution in [0.15, 0.2) is 18.2 Å².